The summed E-state index contributed by atoms with van der Waals surface area (Å²) in [7, 11) is -3.72. The van der Waals surface area contributed by atoms with Gasteiger partial charge in [0.2, 0.25) is 11.8 Å². The van der Waals surface area contributed by atoms with Crippen LogP contribution in [0.5, 0.6) is 0 Å². The number of sulfonamides is 1. The van der Waals surface area contributed by atoms with Crippen molar-refractivity contribution < 1.29 is 17.6 Å². The first kappa shape index (κ1) is 22.0. The highest BCUT2D eigenvalue weighted by Crippen LogP contribution is 2.28. The molecule has 0 spiro atoms. The highest BCUT2D eigenvalue weighted by molar-refractivity contribution is 7.98. The van der Waals surface area contributed by atoms with Crippen molar-refractivity contribution >= 4 is 45.0 Å². The quantitative estimate of drug-likeness (QED) is 0.517. The van der Waals surface area contributed by atoms with Crippen molar-refractivity contribution in [3.05, 3.63) is 53.2 Å². The van der Waals surface area contributed by atoms with Crippen LogP contribution in [0.25, 0.3) is 0 Å². The Balaban J connectivity index is 1.44. The highest BCUT2D eigenvalue weighted by atomic mass is 32.2. The maximum atomic E-state index is 13.0. The molecule has 1 aliphatic heterocycles. The van der Waals surface area contributed by atoms with E-state index in [0.29, 0.717) is 31.7 Å². The third kappa shape index (κ3) is 5.00. The maximum absolute atomic E-state index is 13.0. The molecule has 8 nitrogen and oxygen atoms in total. The van der Waals surface area contributed by atoms with Gasteiger partial charge in [-0.05, 0) is 48.2 Å². The van der Waals surface area contributed by atoms with E-state index >= 15 is 0 Å². The van der Waals surface area contributed by atoms with Gasteiger partial charge in [0, 0.05) is 11.4 Å². The molecule has 1 saturated heterocycles. The van der Waals surface area contributed by atoms with E-state index in [4.69, 9.17) is 4.42 Å². The lowest BCUT2D eigenvalue weighted by atomic mass is 10.0. The lowest BCUT2D eigenvalue weighted by Gasteiger charge is -2.32. The number of aromatic nitrogens is 2. The van der Waals surface area contributed by atoms with E-state index in [1.165, 1.54) is 4.31 Å². The van der Waals surface area contributed by atoms with Crippen molar-refractivity contribution in [2.75, 3.05) is 18.1 Å². The second kappa shape index (κ2) is 9.51. The van der Waals surface area contributed by atoms with Gasteiger partial charge in [-0.2, -0.15) is 4.31 Å². The molecule has 31 heavy (non-hydrogen) atoms. The lowest BCUT2D eigenvalue weighted by Crippen LogP contribution is -2.49. The van der Waals surface area contributed by atoms with Gasteiger partial charge in [-0.1, -0.05) is 29.7 Å². The molecule has 0 bridgehead atoms. The Hall–Kier alpha value is -2.21. The maximum Gasteiger partial charge on any atom is 0.322 e. The lowest BCUT2D eigenvalue weighted by molar-refractivity contribution is -0.120. The van der Waals surface area contributed by atoms with E-state index in [2.05, 4.69) is 15.5 Å². The van der Waals surface area contributed by atoms with E-state index in [0.717, 1.165) is 28.2 Å². The number of carbonyl (C=O) groups is 1. The number of nitrogens with zero attached hydrogens (tertiary/aromatic N) is 3. The molecule has 1 atom stereocenters. The molecule has 1 unspecified atom stereocenters. The Labute approximate surface area is 189 Å². The van der Waals surface area contributed by atoms with Crippen LogP contribution in [0, 0.1) is 0 Å². The summed E-state index contributed by atoms with van der Waals surface area (Å²) in [5.74, 6) is -0.0849. The SMILES string of the molecule is CSc1ccc(Cc2nnc(NC(=O)C3CCCCN3S(=O)(=O)c3cccs3)o2)cc1. The summed E-state index contributed by atoms with van der Waals surface area (Å²) in [5.41, 5.74) is 1.01. The second-order valence-electron chi connectivity index (χ2n) is 7.07. The van der Waals surface area contributed by atoms with Crippen LogP contribution < -0.4 is 5.32 Å². The van der Waals surface area contributed by atoms with Crippen LogP contribution in [-0.4, -0.2) is 47.7 Å². The minimum absolute atomic E-state index is 0.0280. The van der Waals surface area contributed by atoms with E-state index < -0.39 is 22.0 Å². The van der Waals surface area contributed by atoms with E-state index in [1.54, 1.807) is 29.3 Å². The van der Waals surface area contributed by atoms with Crippen molar-refractivity contribution in [3.63, 3.8) is 0 Å². The standard InChI is InChI=1S/C20H22N4O4S3/c1-29-15-9-7-14(8-10-15)13-17-22-23-20(28-17)21-19(25)16-5-2-3-11-24(16)31(26,27)18-6-4-12-30-18/h4,6-10,12,16H,2-3,5,11,13H2,1H3,(H,21,23,25). The summed E-state index contributed by atoms with van der Waals surface area (Å²) in [6, 6.07) is 10.4. The zero-order valence-electron chi connectivity index (χ0n) is 16.9. The van der Waals surface area contributed by atoms with Crippen LogP contribution in [0.3, 0.4) is 0 Å². The third-order valence-corrected chi connectivity index (χ3v) is 9.05. The van der Waals surface area contributed by atoms with Crippen LogP contribution >= 0.6 is 23.1 Å². The summed E-state index contributed by atoms with van der Waals surface area (Å²) in [6.07, 6.45) is 4.39. The van der Waals surface area contributed by atoms with Crippen LogP contribution in [0.2, 0.25) is 0 Å². The molecule has 1 amide bonds. The van der Waals surface area contributed by atoms with E-state index in [-0.39, 0.29) is 10.2 Å². The summed E-state index contributed by atoms with van der Waals surface area (Å²) in [4.78, 5) is 14.1. The fourth-order valence-corrected chi connectivity index (χ4v) is 6.65. The van der Waals surface area contributed by atoms with Gasteiger partial charge >= 0.3 is 6.01 Å². The first-order chi connectivity index (χ1) is 15.0. The van der Waals surface area contributed by atoms with Crippen molar-refractivity contribution in [3.8, 4) is 0 Å². The number of thioether (sulfide) groups is 1. The van der Waals surface area contributed by atoms with Gasteiger partial charge in [0.15, 0.2) is 0 Å². The Morgan fingerprint density at radius 1 is 1.26 bits per heavy atom. The van der Waals surface area contributed by atoms with E-state index in [9.17, 15) is 13.2 Å². The number of nitrogens with one attached hydrogen (secondary N) is 1. The molecular weight excluding hydrogens is 456 g/mol. The fourth-order valence-electron chi connectivity index (χ4n) is 3.46. The first-order valence-corrected chi connectivity index (χ1v) is 13.3. The topological polar surface area (TPSA) is 105 Å². The Morgan fingerprint density at radius 2 is 2.06 bits per heavy atom. The number of thiophene rings is 1. The summed E-state index contributed by atoms with van der Waals surface area (Å²) in [6.45, 7) is 0.305. The predicted molar refractivity (Wildman–Crippen MR) is 120 cm³/mol. The van der Waals surface area contributed by atoms with Crippen molar-refractivity contribution in [2.24, 2.45) is 0 Å². The number of anilines is 1. The van der Waals surface area contributed by atoms with E-state index in [1.807, 2.05) is 30.5 Å². The zero-order chi connectivity index (χ0) is 21.8. The van der Waals surface area contributed by atoms with Gasteiger partial charge in [0.1, 0.15) is 10.3 Å². The molecule has 2 aromatic heterocycles. The Kier molecular flexibility index (Phi) is 6.75. The molecular formula is C20H22N4O4S3. The highest BCUT2D eigenvalue weighted by Gasteiger charge is 2.38. The van der Waals surface area contributed by atoms with Gasteiger partial charge in [0.05, 0.1) is 6.42 Å². The van der Waals surface area contributed by atoms with Gasteiger partial charge < -0.3 is 4.42 Å². The molecule has 1 fully saturated rings. The first-order valence-electron chi connectivity index (χ1n) is 9.79. The number of piperidine rings is 1. The molecule has 4 rings (SSSR count). The smallest absolute Gasteiger partial charge is 0.322 e. The Morgan fingerprint density at radius 3 is 2.77 bits per heavy atom. The molecule has 0 saturated carbocycles. The molecule has 3 heterocycles. The van der Waals surface area contributed by atoms with Crippen molar-refractivity contribution in [2.45, 2.75) is 40.8 Å². The van der Waals surface area contributed by atoms with Crippen molar-refractivity contribution in [1.82, 2.24) is 14.5 Å². The third-order valence-electron chi connectivity index (χ3n) is 5.03. The average Bonchev–Trinajstić information content (AvgIpc) is 3.47. The monoisotopic (exact) mass is 478 g/mol. The number of rotatable bonds is 7. The number of benzene rings is 1. The predicted octanol–water partition coefficient (Wildman–Crippen LogP) is 3.63. The van der Waals surface area contributed by atoms with Crippen LogP contribution in [0.1, 0.15) is 30.7 Å². The summed E-state index contributed by atoms with van der Waals surface area (Å²) < 4.78 is 33.0. The number of hydrogen-bond donors (Lipinski definition) is 1. The molecule has 1 aliphatic rings. The second-order valence-corrected chi connectivity index (χ2v) is 11.0. The van der Waals surface area contributed by atoms with Crippen LogP contribution in [-0.2, 0) is 21.2 Å². The van der Waals surface area contributed by atoms with Gasteiger partial charge in [0.25, 0.3) is 10.0 Å². The van der Waals surface area contributed by atoms with Gasteiger partial charge in [-0.25, -0.2) is 8.42 Å². The summed E-state index contributed by atoms with van der Waals surface area (Å²) >= 11 is 2.81. The fraction of sp³-hybridized carbons (Fsp3) is 0.350. The molecule has 3 aromatic rings. The van der Waals surface area contributed by atoms with Crippen LogP contribution in [0.4, 0.5) is 6.01 Å². The van der Waals surface area contributed by atoms with Crippen LogP contribution in [0.15, 0.2) is 55.3 Å². The van der Waals surface area contributed by atoms with Gasteiger partial charge in [-0.15, -0.1) is 28.2 Å². The molecule has 11 heteroatoms. The zero-order valence-corrected chi connectivity index (χ0v) is 19.3. The number of hydrogen-bond acceptors (Lipinski definition) is 8. The number of amides is 1. The normalized spacial score (nSPS) is 17.5. The summed E-state index contributed by atoms with van der Waals surface area (Å²) in [5, 5.41) is 12.2. The Bertz CT molecular complexity index is 1130. The number of carbonyl (C=O) groups excluding carboxylic acids is 1. The van der Waals surface area contributed by atoms with Gasteiger partial charge in [-0.3, -0.25) is 10.1 Å². The van der Waals surface area contributed by atoms with Crippen molar-refractivity contribution in [1.29, 1.82) is 0 Å². The molecule has 1 aromatic carbocycles. The molecule has 1 N–H and O–H groups in total. The largest absolute Gasteiger partial charge is 0.407 e. The average molecular weight is 479 g/mol. The minimum Gasteiger partial charge on any atom is -0.407 e. The minimum atomic E-state index is -3.72. The molecule has 164 valence electrons. The molecule has 0 radical (unpaired) electrons. The molecule has 0 aliphatic carbocycles.